The van der Waals surface area contributed by atoms with E-state index >= 15 is 0 Å². The van der Waals surface area contributed by atoms with Crippen LogP contribution in [0.15, 0.2) is 22.7 Å². The predicted molar refractivity (Wildman–Crippen MR) is 67.1 cm³/mol. The second-order valence-electron chi connectivity index (χ2n) is 4.13. The van der Waals surface area contributed by atoms with Crippen molar-refractivity contribution < 1.29 is 4.74 Å². The Labute approximate surface area is 99.9 Å². The van der Waals surface area contributed by atoms with Crippen molar-refractivity contribution in [2.24, 2.45) is 11.7 Å². The Hall–Kier alpha value is -0.540. The molecule has 0 fully saturated rings. The van der Waals surface area contributed by atoms with Gasteiger partial charge in [0.2, 0.25) is 0 Å². The molecule has 0 bridgehead atoms. The summed E-state index contributed by atoms with van der Waals surface area (Å²) in [6.07, 6.45) is 0.999. The van der Waals surface area contributed by atoms with Crippen LogP contribution in [-0.2, 0) is 0 Å². The fourth-order valence-electron chi connectivity index (χ4n) is 1.56. The smallest absolute Gasteiger partial charge is 0.133 e. The van der Waals surface area contributed by atoms with Gasteiger partial charge in [-0.2, -0.15) is 0 Å². The Bertz CT molecular complexity index is 325. The maximum Gasteiger partial charge on any atom is 0.133 e. The molecule has 0 aliphatic heterocycles. The van der Waals surface area contributed by atoms with Gasteiger partial charge in [-0.25, -0.2) is 0 Å². The van der Waals surface area contributed by atoms with Crippen molar-refractivity contribution in [3.63, 3.8) is 0 Å². The molecule has 0 saturated carbocycles. The van der Waals surface area contributed by atoms with Crippen LogP contribution < -0.4 is 10.5 Å². The molecule has 1 aromatic rings. The molecule has 0 spiro atoms. The highest BCUT2D eigenvalue weighted by molar-refractivity contribution is 9.10. The van der Waals surface area contributed by atoms with Gasteiger partial charge in [0.1, 0.15) is 5.75 Å². The molecular formula is C12H18BrNO. The lowest BCUT2D eigenvalue weighted by Crippen LogP contribution is -2.12. The average Bonchev–Trinajstić information content (AvgIpc) is 2.16. The van der Waals surface area contributed by atoms with Gasteiger partial charge in [-0.1, -0.05) is 19.9 Å². The van der Waals surface area contributed by atoms with Gasteiger partial charge in [0.05, 0.1) is 11.6 Å². The first-order valence-corrected chi connectivity index (χ1v) is 5.93. The average molecular weight is 272 g/mol. The summed E-state index contributed by atoms with van der Waals surface area (Å²) in [7, 11) is 1.66. The van der Waals surface area contributed by atoms with E-state index in [4.69, 9.17) is 10.5 Å². The summed E-state index contributed by atoms with van der Waals surface area (Å²) in [6.45, 7) is 4.36. The van der Waals surface area contributed by atoms with E-state index in [0.29, 0.717) is 5.92 Å². The first kappa shape index (κ1) is 12.5. The molecule has 1 atom stereocenters. The summed E-state index contributed by atoms with van der Waals surface area (Å²) in [5.41, 5.74) is 7.24. The van der Waals surface area contributed by atoms with E-state index in [0.717, 1.165) is 22.2 Å². The minimum atomic E-state index is 0.104. The second-order valence-corrected chi connectivity index (χ2v) is 4.98. The Morgan fingerprint density at radius 1 is 1.40 bits per heavy atom. The largest absolute Gasteiger partial charge is 0.496 e. The zero-order valence-corrected chi connectivity index (χ0v) is 11.0. The number of hydrogen-bond acceptors (Lipinski definition) is 2. The third kappa shape index (κ3) is 3.50. The van der Waals surface area contributed by atoms with E-state index in [-0.39, 0.29) is 6.04 Å². The van der Waals surface area contributed by atoms with Gasteiger partial charge in [0.15, 0.2) is 0 Å². The van der Waals surface area contributed by atoms with Crippen molar-refractivity contribution >= 4 is 15.9 Å². The topological polar surface area (TPSA) is 35.2 Å². The van der Waals surface area contributed by atoms with Gasteiger partial charge < -0.3 is 10.5 Å². The molecule has 0 heterocycles. The Balaban J connectivity index is 2.82. The fourth-order valence-corrected chi connectivity index (χ4v) is 2.12. The highest BCUT2D eigenvalue weighted by atomic mass is 79.9. The zero-order valence-electron chi connectivity index (χ0n) is 9.46. The quantitative estimate of drug-likeness (QED) is 0.910. The maximum atomic E-state index is 6.09. The lowest BCUT2D eigenvalue weighted by molar-refractivity contribution is 0.411. The van der Waals surface area contributed by atoms with E-state index in [2.05, 4.69) is 29.8 Å². The van der Waals surface area contributed by atoms with E-state index in [1.165, 1.54) is 0 Å². The summed E-state index contributed by atoms with van der Waals surface area (Å²) in [4.78, 5) is 0. The van der Waals surface area contributed by atoms with Gasteiger partial charge in [0, 0.05) is 6.04 Å². The number of ether oxygens (including phenoxy) is 1. The number of methoxy groups -OCH3 is 1. The van der Waals surface area contributed by atoms with Crippen LogP contribution in [0.3, 0.4) is 0 Å². The first-order valence-electron chi connectivity index (χ1n) is 5.13. The molecule has 0 aromatic heterocycles. The van der Waals surface area contributed by atoms with Gasteiger partial charge in [-0.15, -0.1) is 0 Å². The summed E-state index contributed by atoms with van der Waals surface area (Å²) < 4.78 is 6.13. The van der Waals surface area contributed by atoms with Gasteiger partial charge in [-0.3, -0.25) is 0 Å². The predicted octanol–water partition coefficient (Wildman–Crippen LogP) is 3.50. The van der Waals surface area contributed by atoms with Crippen molar-refractivity contribution in [3.05, 3.63) is 28.2 Å². The van der Waals surface area contributed by atoms with Crippen LogP contribution in [0.4, 0.5) is 0 Å². The van der Waals surface area contributed by atoms with Crippen molar-refractivity contribution in [3.8, 4) is 5.75 Å². The Morgan fingerprint density at radius 3 is 2.53 bits per heavy atom. The molecule has 0 aliphatic rings. The fraction of sp³-hybridized carbons (Fsp3) is 0.500. The summed E-state index contributed by atoms with van der Waals surface area (Å²) in [5.74, 6) is 1.45. The lowest BCUT2D eigenvalue weighted by Gasteiger charge is -2.15. The van der Waals surface area contributed by atoms with E-state index in [1.54, 1.807) is 7.11 Å². The molecule has 84 valence electrons. The van der Waals surface area contributed by atoms with Gasteiger partial charge in [-0.05, 0) is 46.0 Å². The molecule has 0 unspecified atom stereocenters. The SMILES string of the molecule is COc1ccc([C@@H](N)CC(C)C)cc1Br. The Kier molecular flexibility index (Phi) is 4.61. The summed E-state index contributed by atoms with van der Waals surface area (Å²) in [6, 6.07) is 6.11. The number of rotatable bonds is 4. The van der Waals surface area contributed by atoms with E-state index < -0.39 is 0 Å². The highest BCUT2D eigenvalue weighted by Gasteiger charge is 2.10. The van der Waals surface area contributed by atoms with Crippen molar-refractivity contribution in [2.45, 2.75) is 26.3 Å². The number of halogens is 1. The second kappa shape index (κ2) is 5.52. The Morgan fingerprint density at radius 2 is 2.07 bits per heavy atom. The van der Waals surface area contributed by atoms with Crippen LogP contribution in [-0.4, -0.2) is 7.11 Å². The lowest BCUT2D eigenvalue weighted by atomic mass is 9.98. The maximum absolute atomic E-state index is 6.09. The standard InChI is InChI=1S/C12H18BrNO/c1-8(2)6-11(14)9-4-5-12(15-3)10(13)7-9/h4-5,7-8,11H,6,14H2,1-3H3/t11-/m0/s1. The third-order valence-electron chi connectivity index (χ3n) is 2.33. The molecule has 1 aromatic carbocycles. The monoisotopic (exact) mass is 271 g/mol. The molecule has 0 radical (unpaired) electrons. The molecule has 15 heavy (non-hydrogen) atoms. The third-order valence-corrected chi connectivity index (χ3v) is 2.95. The van der Waals surface area contributed by atoms with Crippen LogP contribution in [0.5, 0.6) is 5.75 Å². The first-order chi connectivity index (χ1) is 7.04. The van der Waals surface area contributed by atoms with Crippen LogP contribution in [0.2, 0.25) is 0 Å². The number of benzene rings is 1. The minimum absolute atomic E-state index is 0.104. The normalized spacial score (nSPS) is 12.9. The van der Waals surface area contributed by atoms with Crippen molar-refractivity contribution in [2.75, 3.05) is 7.11 Å². The molecule has 0 amide bonds. The van der Waals surface area contributed by atoms with E-state index in [1.807, 2.05) is 18.2 Å². The highest BCUT2D eigenvalue weighted by Crippen LogP contribution is 2.29. The van der Waals surface area contributed by atoms with Crippen LogP contribution in [0.25, 0.3) is 0 Å². The number of nitrogens with two attached hydrogens (primary N) is 1. The molecule has 3 heteroatoms. The zero-order chi connectivity index (χ0) is 11.4. The summed E-state index contributed by atoms with van der Waals surface area (Å²) in [5, 5.41) is 0. The van der Waals surface area contributed by atoms with Crippen LogP contribution >= 0.6 is 15.9 Å². The van der Waals surface area contributed by atoms with E-state index in [9.17, 15) is 0 Å². The number of hydrogen-bond donors (Lipinski definition) is 1. The van der Waals surface area contributed by atoms with Crippen molar-refractivity contribution in [1.82, 2.24) is 0 Å². The molecule has 1 rings (SSSR count). The summed E-state index contributed by atoms with van der Waals surface area (Å²) >= 11 is 3.46. The van der Waals surface area contributed by atoms with Crippen LogP contribution in [0, 0.1) is 5.92 Å². The van der Waals surface area contributed by atoms with Crippen LogP contribution in [0.1, 0.15) is 31.9 Å². The van der Waals surface area contributed by atoms with Crippen molar-refractivity contribution in [1.29, 1.82) is 0 Å². The molecule has 0 saturated heterocycles. The molecular weight excluding hydrogens is 254 g/mol. The van der Waals surface area contributed by atoms with Gasteiger partial charge in [0.25, 0.3) is 0 Å². The molecule has 2 nitrogen and oxygen atoms in total. The minimum Gasteiger partial charge on any atom is -0.496 e. The molecule has 2 N–H and O–H groups in total. The molecule has 0 aliphatic carbocycles. The van der Waals surface area contributed by atoms with Gasteiger partial charge >= 0.3 is 0 Å².